The monoisotopic (exact) mass is 389 g/mol. The van der Waals surface area contributed by atoms with E-state index >= 15 is 0 Å². The minimum atomic E-state index is -0.0230. The molecule has 3 aromatic rings. The van der Waals surface area contributed by atoms with E-state index < -0.39 is 0 Å². The van der Waals surface area contributed by atoms with Crippen molar-refractivity contribution in [3.8, 4) is 0 Å². The molecule has 28 heavy (non-hydrogen) atoms. The molecule has 2 nitrogen and oxygen atoms in total. The fourth-order valence-electron chi connectivity index (χ4n) is 3.01. The minimum absolute atomic E-state index is 0.0230. The van der Waals surface area contributed by atoms with Crippen LogP contribution in [0.5, 0.6) is 0 Å². The van der Waals surface area contributed by atoms with Gasteiger partial charge >= 0.3 is 0 Å². The Balaban J connectivity index is 1.59. The van der Waals surface area contributed by atoms with E-state index in [1.54, 1.807) is 0 Å². The highest BCUT2D eigenvalue weighted by atomic mass is 32.2. The van der Waals surface area contributed by atoms with Gasteiger partial charge in [-0.3, -0.25) is 4.79 Å². The normalized spacial score (nSPS) is 11.8. The van der Waals surface area contributed by atoms with Gasteiger partial charge in [0.25, 0.3) is 5.91 Å². The van der Waals surface area contributed by atoms with Crippen LogP contribution in [0.15, 0.2) is 77.7 Å². The van der Waals surface area contributed by atoms with Crippen molar-refractivity contribution in [2.75, 3.05) is 0 Å². The molecule has 0 aliphatic heterocycles. The molecular formula is C25H27NOS. The summed E-state index contributed by atoms with van der Waals surface area (Å²) in [4.78, 5) is 13.9. The van der Waals surface area contributed by atoms with Gasteiger partial charge in [0.15, 0.2) is 0 Å². The van der Waals surface area contributed by atoms with Gasteiger partial charge in [-0.15, -0.1) is 11.8 Å². The maximum atomic E-state index is 12.7. The Morgan fingerprint density at radius 2 is 1.43 bits per heavy atom. The lowest BCUT2D eigenvalue weighted by Gasteiger charge is -2.18. The molecule has 0 aliphatic rings. The van der Waals surface area contributed by atoms with Crippen molar-refractivity contribution in [1.82, 2.24) is 5.32 Å². The van der Waals surface area contributed by atoms with Crippen LogP contribution in [0, 0.1) is 13.8 Å². The lowest BCUT2D eigenvalue weighted by atomic mass is 10.0. The molecule has 0 heterocycles. The first-order chi connectivity index (χ1) is 13.5. The third kappa shape index (κ3) is 5.49. The van der Waals surface area contributed by atoms with E-state index in [2.05, 4.69) is 74.6 Å². The molecule has 1 N–H and O–H groups in total. The van der Waals surface area contributed by atoms with Gasteiger partial charge in [0.05, 0.1) is 6.04 Å². The second-order valence-electron chi connectivity index (χ2n) is 7.14. The van der Waals surface area contributed by atoms with Crippen LogP contribution in [-0.2, 0) is 5.75 Å². The first-order valence-electron chi connectivity index (χ1n) is 9.71. The maximum Gasteiger partial charge on any atom is 0.251 e. The van der Waals surface area contributed by atoms with Crippen LogP contribution >= 0.6 is 11.8 Å². The van der Waals surface area contributed by atoms with Gasteiger partial charge < -0.3 is 5.32 Å². The summed E-state index contributed by atoms with van der Waals surface area (Å²) in [6, 6.07) is 24.9. The van der Waals surface area contributed by atoms with Crippen molar-refractivity contribution in [2.45, 2.75) is 43.9 Å². The summed E-state index contributed by atoms with van der Waals surface area (Å²) in [5, 5.41) is 3.16. The van der Waals surface area contributed by atoms with E-state index in [1.807, 2.05) is 36.0 Å². The third-order valence-corrected chi connectivity index (χ3v) is 5.92. The van der Waals surface area contributed by atoms with E-state index in [9.17, 15) is 4.79 Å². The molecule has 1 amide bonds. The number of aryl methyl sites for hydroxylation is 2. The molecule has 1 atom stereocenters. The Bertz CT molecular complexity index is 899. The van der Waals surface area contributed by atoms with Gasteiger partial charge in [0.2, 0.25) is 0 Å². The van der Waals surface area contributed by atoms with Gasteiger partial charge in [-0.1, -0.05) is 66.6 Å². The molecule has 0 aliphatic carbocycles. The fourth-order valence-corrected chi connectivity index (χ4v) is 3.87. The molecule has 3 aromatic carbocycles. The van der Waals surface area contributed by atoms with Gasteiger partial charge in [0.1, 0.15) is 0 Å². The molecular weight excluding hydrogens is 362 g/mol. The molecule has 0 radical (unpaired) electrons. The Kier molecular flexibility index (Phi) is 6.94. The molecule has 0 fully saturated rings. The van der Waals surface area contributed by atoms with Gasteiger partial charge in [-0.25, -0.2) is 0 Å². The molecule has 0 saturated heterocycles. The lowest BCUT2D eigenvalue weighted by molar-refractivity contribution is 0.0935. The highest BCUT2D eigenvalue weighted by Gasteiger charge is 2.14. The highest BCUT2D eigenvalue weighted by Crippen LogP contribution is 2.23. The zero-order valence-corrected chi connectivity index (χ0v) is 17.6. The van der Waals surface area contributed by atoms with E-state index in [0.29, 0.717) is 5.56 Å². The number of carbonyl (C=O) groups is 1. The van der Waals surface area contributed by atoms with Crippen LogP contribution in [0.2, 0.25) is 0 Å². The molecule has 3 rings (SSSR count). The number of carbonyl (C=O) groups excluding carboxylic acids is 1. The lowest BCUT2D eigenvalue weighted by Crippen LogP contribution is -2.28. The van der Waals surface area contributed by atoms with Crippen molar-refractivity contribution in [3.63, 3.8) is 0 Å². The van der Waals surface area contributed by atoms with Crippen molar-refractivity contribution >= 4 is 17.7 Å². The average molecular weight is 390 g/mol. The summed E-state index contributed by atoms with van der Waals surface area (Å²) in [5.74, 6) is 0.872. The summed E-state index contributed by atoms with van der Waals surface area (Å²) in [6.45, 7) is 6.26. The summed E-state index contributed by atoms with van der Waals surface area (Å²) >= 11 is 1.81. The van der Waals surface area contributed by atoms with Crippen LogP contribution in [0.3, 0.4) is 0 Å². The predicted octanol–water partition coefficient (Wildman–Crippen LogP) is 6.48. The summed E-state index contributed by atoms with van der Waals surface area (Å²) in [7, 11) is 0. The minimum Gasteiger partial charge on any atom is -0.345 e. The van der Waals surface area contributed by atoms with Crippen molar-refractivity contribution in [3.05, 3.63) is 101 Å². The molecule has 0 spiro atoms. The van der Waals surface area contributed by atoms with Gasteiger partial charge in [0, 0.05) is 16.2 Å². The second-order valence-corrected chi connectivity index (χ2v) is 8.19. The standard InChI is InChI=1S/C25H27NOS/c1-4-24(21-11-5-18(2)6-12-21)26-25(27)22-13-9-20(10-14-22)17-28-23-15-7-19(3)8-16-23/h5-16,24H,4,17H2,1-3H3,(H,26,27). The smallest absolute Gasteiger partial charge is 0.251 e. The molecule has 3 heteroatoms. The highest BCUT2D eigenvalue weighted by molar-refractivity contribution is 7.98. The summed E-state index contributed by atoms with van der Waals surface area (Å²) in [6.07, 6.45) is 0.861. The number of nitrogens with one attached hydrogen (secondary N) is 1. The first-order valence-corrected chi connectivity index (χ1v) is 10.7. The number of thioether (sulfide) groups is 1. The van der Waals surface area contributed by atoms with Crippen LogP contribution in [0.25, 0.3) is 0 Å². The number of hydrogen-bond acceptors (Lipinski definition) is 2. The zero-order chi connectivity index (χ0) is 19.9. The average Bonchev–Trinajstić information content (AvgIpc) is 2.72. The van der Waals surface area contributed by atoms with E-state index in [4.69, 9.17) is 0 Å². The molecule has 144 valence electrons. The fraction of sp³-hybridized carbons (Fsp3) is 0.240. The number of benzene rings is 3. The molecule has 0 aromatic heterocycles. The molecule has 0 saturated carbocycles. The Labute approximate surface area is 172 Å². The van der Waals surface area contributed by atoms with E-state index in [1.165, 1.54) is 21.6 Å². The largest absolute Gasteiger partial charge is 0.345 e. The van der Waals surface area contributed by atoms with Crippen molar-refractivity contribution in [1.29, 1.82) is 0 Å². The van der Waals surface area contributed by atoms with Crippen LogP contribution < -0.4 is 5.32 Å². The summed E-state index contributed by atoms with van der Waals surface area (Å²) < 4.78 is 0. The Morgan fingerprint density at radius 3 is 2.00 bits per heavy atom. The molecule has 0 bridgehead atoms. The number of rotatable bonds is 7. The topological polar surface area (TPSA) is 29.1 Å². The molecule has 1 unspecified atom stereocenters. The van der Waals surface area contributed by atoms with Gasteiger partial charge in [-0.05, 0) is 55.7 Å². The quantitative estimate of drug-likeness (QED) is 0.469. The summed E-state index contributed by atoms with van der Waals surface area (Å²) in [5.41, 5.74) is 5.56. The number of amides is 1. The van der Waals surface area contributed by atoms with Crippen LogP contribution in [-0.4, -0.2) is 5.91 Å². The first kappa shape index (κ1) is 20.2. The second kappa shape index (κ2) is 9.61. The Morgan fingerprint density at radius 1 is 0.857 bits per heavy atom. The predicted molar refractivity (Wildman–Crippen MR) is 119 cm³/mol. The maximum absolute atomic E-state index is 12.7. The van der Waals surface area contributed by atoms with Crippen molar-refractivity contribution in [2.24, 2.45) is 0 Å². The van der Waals surface area contributed by atoms with Crippen molar-refractivity contribution < 1.29 is 4.79 Å². The zero-order valence-electron chi connectivity index (χ0n) is 16.7. The van der Waals surface area contributed by atoms with E-state index in [-0.39, 0.29) is 11.9 Å². The van der Waals surface area contributed by atoms with Crippen LogP contribution in [0.1, 0.15) is 52.0 Å². The Hall–Kier alpha value is -2.52. The van der Waals surface area contributed by atoms with E-state index in [0.717, 1.165) is 17.7 Å². The van der Waals surface area contributed by atoms with Crippen LogP contribution in [0.4, 0.5) is 0 Å². The SMILES string of the molecule is CCC(NC(=O)c1ccc(CSc2ccc(C)cc2)cc1)c1ccc(C)cc1. The number of hydrogen-bond donors (Lipinski definition) is 1. The van der Waals surface area contributed by atoms with Gasteiger partial charge in [-0.2, -0.15) is 0 Å². The third-order valence-electron chi connectivity index (χ3n) is 4.84.